The second-order valence-corrected chi connectivity index (χ2v) is 4.50. The number of benzene rings is 1. The van der Waals surface area contributed by atoms with Crippen LogP contribution >= 0.6 is 0 Å². The molecule has 0 saturated heterocycles. The minimum Gasteiger partial charge on any atom is -0.478 e. The molecule has 1 aromatic carbocycles. The Morgan fingerprint density at radius 1 is 1.29 bits per heavy atom. The summed E-state index contributed by atoms with van der Waals surface area (Å²) in [5.41, 5.74) is 1.56. The molecule has 1 aromatic heterocycles. The standard InChI is InChI=1S/C16H15N3O2/c1-12-14(16(20)21)8-9-15(18-12)19(11-5-10-17)13-6-3-2-4-7-13/h2-4,6-9H,5,11H2,1H3,(H,20,21). The first-order valence-corrected chi connectivity index (χ1v) is 6.54. The van der Waals surface area contributed by atoms with Gasteiger partial charge in [0.2, 0.25) is 0 Å². The molecule has 0 aliphatic rings. The molecule has 2 rings (SSSR count). The highest BCUT2D eigenvalue weighted by Crippen LogP contribution is 2.24. The summed E-state index contributed by atoms with van der Waals surface area (Å²) in [4.78, 5) is 17.3. The third-order valence-electron chi connectivity index (χ3n) is 3.09. The fraction of sp³-hybridized carbons (Fsp3) is 0.188. The SMILES string of the molecule is Cc1nc(N(CCC#N)c2ccccc2)ccc1C(=O)O. The molecule has 0 radical (unpaired) electrons. The summed E-state index contributed by atoms with van der Waals surface area (Å²) in [7, 11) is 0. The van der Waals surface area contributed by atoms with E-state index in [4.69, 9.17) is 10.4 Å². The molecule has 5 nitrogen and oxygen atoms in total. The lowest BCUT2D eigenvalue weighted by Crippen LogP contribution is -2.20. The van der Waals surface area contributed by atoms with Gasteiger partial charge in [-0.1, -0.05) is 18.2 Å². The Bertz CT molecular complexity index is 678. The van der Waals surface area contributed by atoms with Crippen LogP contribution in [0.15, 0.2) is 42.5 Å². The normalized spacial score (nSPS) is 9.90. The van der Waals surface area contributed by atoms with Crippen molar-refractivity contribution in [2.45, 2.75) is 13.3 Å². The van der Waals surface area contributed by atoms with Crippen LogP contribution in [0.1, 0.15) is 22.5 Å². The molecule has 0 aliphatic heterocycles. The Balaban J connectivity index is 2.40. The van der Waals surface area contributed by atoms with Gasteiger partial charge in [0.05, 0.1) is 23.7 Å². The summed E-state index contributed by atoms with van der Waals surface area (Å²) in [5, 5.41) is 17.9. The molecule has 0 fully saturated rings. The first kappa shape index (κ1) is 14.5. The van der Waals surface area contributed by atoms with E-state index in [2.05, 4.69) is 11.1 Å². The van der Waals surface area contributed by atoms with Gasteiger partial charge >= 0.3 is 5.97 Å². The molecule has 106 valence electrons. The first-order chi connectivity index (χ1) is 10.1. The molecule has 0 atom stereocenters. The molecule has 0 unspecified atom stereocenters. The summed E-state index contributed by atoms with van der Waals surface area (Å²) < 4.78 is 0. The number of carbonyl (C=O) groups is 1. The van der Waals surface area contributed by atoms with E-state index >= 15 is 0 Å². The van der Waals surface area contributed by atoms with Gasteiger partial charge < -0.3 is 10.0 Å². The van der Waals surface area contributed by atoms with E-state index < -0.39 is 5.97 Å². The molecule has 1 heterocycles. The Hall–Kier alpha value is -2.87. The second kappa shape index (κ2) is 6.53. The van der Waals surface area contributed by atoms with Crippen molar-refractivity contribution in [2.75, 3.05) is 11.4 Å². The number of anilines is 2. The summed E-state index contributed by atoms with van der Waals surface area (Å²) in [5.74, 6) is -0.353. The maximum atomic E-state index is 11.0. The van der Waals surface area contributed by atoms with Crippen LogP contribution in [0, 0.1) is 18.3 Å². The largest absolute Gasteiger partial charge is 0.478 e. The molecule has 21 heavy (non-hydrogen) atoms. The average molecular weight is 281 g/mol. The smallest absolute Gasteiger partial charge is 0.337 e. The van der Waals surface area contributed by atoms with Gasteiger partial charge in [0.15, 0.2) is 0 Å². The minimum atomic E-state index is -0.991. The number of carboxylic acid groups (broad SMARTS) is 1. The van der Waals surface area contributed by atoms with E-state index in [0.29, 0.717) is 24.5 Å². The van der Waals surface area contributed by atoms with Crippen LogP contribution in [0.5, 0.6) is 0 Å². The third kappa shape index (κ3) is 3.37. The van der Waals surface area contributed by atoms with Crippen molar-refractivity contribution in [3.63, 3.8) is 0 Å². The number of rotatable bonds is 5. The zero-order valence-corrected chi connectivity index (χ0v) is 11.7. The van der Waals surface area contributed by atoms with Crippen molar-refractivity contribution in [2.24, 2.45) is 0 Å². The summed E-state index contributed by atoms with van der Waals surface area (Å²) >= 11 is 0. The fourth-order valence-electron chi connectivity index (χ4n) is 2.07. The minimum absolute atomic E-state index is 0.187. The summed E-state index contributed by atoms with van der Waals surface area (Å²) in [6.07, 6.45) is 0.357. The van der Waals surface area contributed by atoms with Crippen molar-refractivity contribution in [3.8, 4) is 6.07 Å². The van der Waals surface area contributed by atoms with Crippen molar-refractivity contribution in [1.29, 1.82) is 5.26 Å². The van der Waals surface area contributed by atoms with Crippen molar-refractivity contribution < 1.29 is 9.90 Å². The van der Waals surface area contributed by atoms with Crippen LogP contribution in [0.2, 0.25) is 0 Å². The summed E-state index contributed by atoms with van der Waals surface area (Å²) in [6.45, 7) is 2.17. The quantitative estimate of drug-likeness (QED) is 0.911. The molecule has 2 aromatic rings. The summed E-state index contributed by atoms with van der Waals surface area (Å²) in [6, 6.07) is 14.9. The number of nitrogens with zero attached hydrogens (tertiary/aromatic N) is 3. The molecule has 5 heteroatoms. The van der Waals surface area contributed by atoms with Crippen LogP contribution in [0.4, 0.5) is 11.5 Å². The van der Waals surface area contributed by atoms with E-state index in [0.717, 1.165) is 5.69 Å². The maximum Gasteiger partial charge on any atom is 0.337 e. The average Bonchev–Trinajstić information content (AvgIpc) is 2.48. The van der Waals surface area contributed by atoms with E-state index in [1.54, 1.807) is 19.1 Å². The van der Waals surface area contributed by atoms with Crippen LogP contribution in [0.25, 0.3) is 0 Å². The van der Waals surface area contributed by atoms with Gasteiger partial charge in [0.1, 0.15) is 5.82 Å². The first-order valence-electron chi connectivity index (χ1n) is 6.54. The lowest BCUT2D eigenvalue weighted by molar-refractivity contribution is 0.0695. The van der Waals surface area contributed by atoms with E-state index in [1.165, 1.54) is 0 Å². The molecule has 0 bridgehead atoms. The highest BCUT2D eigenvalue weighted by atomic mass is 16.4. The molecule has 0 amide bonds. The van der Waals surface area contributed by atoms with Gasteiger partial charge in [-0.05, 0) is 31.2 Å². The molecule has 0 spiro atoms. The number of para-hydroxylation sites is 1. The Morgan fingerprint density at radius 3 is 2.57 bits per heavy atom. The second-order valence-electron chi connectivity index (χ2n) is 4.50. The Labute approximate surface area is 123 Å². The van der Waals surface area contributed by atoms with Crippen LogP contribution in [-0.2, 0) is 0 Å². The van der Waals surface area contributed by atoms with Crippen molar-refractivity contribution in [1.82, 2.24) is 4.98 Å². The van der Waals surface area contributed by atoms with Gasteiger partial charge in [-0.2, -0.15) is 5.26 Å². The highest BCUT2D eigenvalue weighted by molar-refractivity contribution is 5.89. The zero-order valence-electron chi connectivity index (χ0n) is 11.7. The number of nitriles is 1. The number of aromatic nitrogens is 1. The molecular formula is C16H15N3O2. The maximum absolute atomic E-state index is 11.0. The van der Waals surface area contributed by atoms with E-state index in [1.807, 2.05) is 35.2 Å². The predicted octanol–water partition coefficient (Wildman–Crippen LogP) is 3.14. The Kier molecular flexibility index (Phi) is 4.52. The van der Waals surface area contributed by atoms with Gasteiger partial charge in [0.25, 0.3) is 0 Å². The monoisotopic (exact) mass is 281 g/mol. The Morgan fingerprint density at radius 2 is 2.00 bits per heavy atom. The topological polar surface area (TPSA) is 77.2 Å². The molecule has 0 aliphatic carbocycles. The number of hydrogen-bond acceptors (Lipinski definition) is 4. The van der Waals surface area contributed by atoms with E-state index in [-0.39, 0.29) is 5.56 Å². The van der Waals surface area contributed by atoms with Crippen LogP contribution in [0.3, 0.4) is 0 Å². The third-order valence-corrected chi connectivity index (χ3v) is 3.09. The van der Waals surface area contributed by atoms with Gasteiger partial charge in [-0.25, -0.2) is 9.78 Å². The van der Waals surface area contributed by atoms with Gasteiger partial charge in [-0.15, -0.1) is 0 Å². The number of hydrogen-bond donors (Lipinski definition) is 1. The lowest BCUT2D eigenvalue weighted by atomic mass is 10.2. The van der Waals surface area contributed by atoms with Crippen LogP contribution in [-0.4, -0.2) is 22.6 Å². The number of aryl methyl sites for hydroxylation is 1. The molecule has 1 N–H and O–H groups in total. The number of aromatic carboxylic acids is 1. The van der Waals surface area contributed by atoms with Crippen LogP contribution < -0.4 is 4.90 Å². The lowest BCUT2D eigenvalue weighted by Gasteiger charge is -2.23. The molecule has 0 saturated carbocycles. The van der Waals surface area contributed by atoms with E-state index in [9.17, 15) is 4.79 Å². The fourth-order valence-corrected chi connectivity index (χ4v) is 2.07. The number of pyridine rings is 1. The molecular weight excluding hydrogens is 266 g/mol. The number of carboxylic acids is 1. The van der Waals surface area contributed by atoms with Crippen molar-refractivity contribution in [3.05, 3.63) is 53.7 Å². The zero-order chi connectivity index (χ0) is 15.2. The van der Waals surface area contributed by atoms with Gasteiger partial charge in [0, 0.05) is 12.2 Å². The van der Waals surface area contributed by atoms with Gasteiger partial charge in [-0.3, -0.25) is 0 Å². The predicted molar refractivity (Wildman–Crippen MR) is 79.6 cm³/mol. The van der Waals surface area contributed by atoms with Crippen molar-refractivity contribution >= 4 is 17.5 Å². The highest BCUT2D eigenvalue weighted by Gasteiger charge is 2.14.